The first kappa shape index (κ1) is 11.5. The molecule has 1 aromatic rings. The van der Waals surface area contributed by atoms with Crippen molar-refractivity contribution in [2.45, 2.75) is 20.8 Å². The van der Waals surface area contributed by atoms with Crippen molar-refractivity contribution in [3.05, 3.63) is 29.1 Å². The molecule has 0 N–H and O–H groups in total. The molecule has 0 bridgehead atoms. The summed E-state index contributed by atoms with van der Waals surface area (Å²) >= 11 is 0. The third kappa shape index (κ3) is 3.23. The van der Waals surface area contributed by atoms with Crippen molar-refractivity contribution in [2.24, 2.45) is 7.05 Å². The van der Waals surface area contributed by atoms with E-state index in [1.54, 1.807) is 24.9 Å². The van der Waals surface area contributed by atoms with Gasteiger partial charge in [-0.2, -0.15) is 5.10 Å². The highest BCUT2D eigenvalue weighted by Gasteiger charge is 2.12. The number of hydrogen-bond acceptors (Lipinski definition) is 3. The number of rotatable bonds is 3. The summed E-state index contributed by atoms with van der Waals surface area (Å²) in [6.45, 7) is 6.03. The normalized spacial score (nSPS) is 9.87. The van der Waals surface area contributed by atoms with Crippen molar-refractivity contribution in [3.63, 3.8) is 0 Å². The Balaban J connectivity index is 2.62. The quantitative estimate of drug-likeness (QED) is 0.562. The fraction of sp³-hybridized carbons (Fsp3) is 0.455. The average Bonchev–Trinajstić information content (AvgIpc) is 2.44. The maximum atomic E-state index is 11.6. The van der Waals surface area contributed by atoms with E-state index in [1.807, 2.05) is 19.9 Å². The Morgan fingerprint density at radius 1 is 1.60 bits per heavy atom. The fourth-order valence-electron chi connectivity index (χ4n) is 1.16. The summed E-state index contributed by atoms with van der Waals surface area (Å²) < 4.78 is 6.67. The van der Waals surface area contributed by atoms with E-state index < -0.39 is 0 Å². The van der Waals surface area contributed by atoms with Crippen LogP contribution in [0.25, 0.3) is 0 Å². The van der Waals surface area contributed by atoms with Crippen LogP contribution in [0.2, 0.25) is 0 Å². The van der Waals surface area contributed by atoms with E-state index in [2.05, 4.69) is 5.10 Å². The zero-order chi connectivity index (χ0) is 11.4. The van der Waals surface area contributed by atoms with Gasteiger partial charge in [-0.25, -0.2) is 4.79 Å². The third-order valence-corrected chi connectivity index (χ3v) is 1.94. The molecule has 0 spiro atoms. The second kappa shape index (κ2) is 4.77. The van der Waals surface area contributed by atoms with E-state index in [4.69, 9.17) is 4.74 Å². The third-order valence-electron chi connectivity index (χ3n) is 1.94. The predicted octanol–water partition coefficient (Wildman–Crippen LogP) is 1.85. The van der Waals surface area contributed by atoms with Crippen LogP contribution >= 0.6 is 0 Å². The number of carbonyl (C=O) groups excluding carboxylic acids is 1. The van der Waals surface area contributed by atoms with Crippen LogP contribution in [-0.4, -0.2) is 22.4 Å². The molecule has 0 amide bonds. The van der Waals surface area contributed by atoms with Crippen molar-refractivity contribution in [1.82, 2.24) is 9.78 Å². The van der Waals surface area contributed by atoms with Crippen LogP contribution < -0.4 is 0 Å². The van der Waals surface area contributed by atoms with Gasteiger partial charge in [0.2, 0.25) is 0 Å². The summed E-state index contributed by atoms with van der Waals surface area (Å²) in [7, 11) is 1.78. The molecular formula is C11H16N2O2. The molecule has 0 fully saturated rings. The molecule has 1 aromatic heterocycles. The topological polar surface area (TPSA) is 44.1 Å². The van der Waals surface area contributed by atoms with E-state index in [0.29, 0.717) is 17.9 Å². The zero-order valence-corrected chi connectivity index (χ0v) is 9.57. The second-order valence-electron chi connectivity index (χ2n) is 3.68. The number of esters is 1. The molecule has 1 heterocycles. The molecule has 4 heteroatoms. The Morgan fingerprint density at radius 3 is 2.73 bits per heavy atom. The summed E-state index contributed by atoms with van der Waals surface area (Å²) in [6.07, 6.45) is 3.53. The minimum absolute atomic E-state index is 0.315. The van der Waals surface area contributed by atoms with Gasteiger partial charge in [0.15, 0.2) is 0 Å². The van der Waals surface area contributed by atoms with Gasteiger partial charge < -0.3 is 4.74 Å². The molecule has 0 atom stereocenters. The minimum atomic E-state index is -0.321. The van der Waals surface area contributed by atoms with Crippen molar-refractivity contribution in [1.29, 1.82) is 0 Å². The van der Waals surface area contributed by atoms with Crippen molar-refractivity contribution in [2.75, 3.05) is 6.61 Å². The van der Waals surface area contributed by atoms with E-state index in [0.717, 1.165) is 5.57 Å². The molecule has 0 radical (unpaired) electrons. The summed E-state index contributed by atoms with van der Waals surface area (Å²) in [5, 5.41) is 4.08. The van der Waals surface area contributed by atoms with Gasteiger partial charge in [0.25, 0.3) is 0 Å². The standard InChI is InChI=1S/C11H16N2O2/c1-8(2)5-6-15-11(14)10-7-13(4)12-9(10)3/h5,7H,6H2,1-4H3. The minimum Gasteiger partial charge on any atom is -0.458 e. The molecule has 0 aliphatic carbocycles. The number of hydrogen-bond donors (Lipinski definition) is 0. The van der Waals surface area contributed by atoms with E-state index in [-0.39, 0.29) is 5.97 Å². The fourth-order valence-corrected chi connectivity index (χ4v) is 1.16. The second-order valence-corrected chi connectivity index (χ2v) is 3.68. The van der Waals surface area contributed by atoms with Gasteiger partial charge in [0.1, 0.15) is 12.2 Å². The van der Waals surface area contributed by atoms with Gasteiger partial charge in [-0.15, -0.1) is 0 Å². The molecule has 82 valence electrons. The first-order valence-corrected chi connectivity index (χ1v) is 4.81. The maximum absolute atomic E-state index is 11.6. The maximum Gasteiger partial charge on any atom is 0.341 e. The number of carbonyl (C=O) groups is 1. The molecule has 0 aliphatic heterocycles. The van der Waals surface area contributed by atoms with Crippen LogP contribution in [0.5, 0.6) is 0 Å². The van der Waals surface area contributed by atoms with Crippen LogP contribution in [-0.2, 0) is 11.8 Å². The number of nitrogens with zero attached hydrogens (tertiary/aromatic N) is 2. The molecule has 0 aliphatic rings. The number of aryl methyl sites for hydroxylation is 2. The molecule has 1 rings (SSSR count). The average molecular weight is 208 g/mol. The Bertz CT molecular complexity index is 387. The Hall–Kier alpha value is -1.58. The lowest BCUT2D eigenvalue weighted by molar-refractivity contribution is 0.0548. The Morgan fingerprint density at radius 2 is 2.27 bits per heavy atom. The first-order chi connectivity index (χ1) is 7.00. The number of aromatic nitrogens is 2. The van der Waals surface area contributed by atoms with E-state index in [1.165, 1.54) is 0 Å². The van der Waals surface area contributed by atoms with Crippen LogP contribution in [0.3, 0.4) is 0 Å². The molecule has 0 unspecified atom stereocenters. The van der Waals surface area contributed by atoms with Gasteiger partial charge in [0.05, 0.1) is 5.69 Å². The van der Waals surface area contributed by atoms with Gasteiger partial charge in [-0.3, -0.25) is 4.68 Å². The summed E-state index contributed by atoms with van der Waals surface area (Å²) in [4.78, 5) is 11.6. The van der Waals surface area contributed by atoms with Crippen molar-refractivity contribution >= 4 is 5.97 Å². The Labute approximate surface area is 89.5 Å². The molecule has 4 nitrogen and oxygen atoms in total. The summed E-state index contributed by atoms with van der Waals surface area (Å²) in [5.74, 6) is -0.321. The van der Waals surface area contributed by atoms with E-state index in [9.17, 15) is 4.79 Å². The summed E-state index contributed by atoms with van der Waals surface area (Å²) in [5.41, 5.74) is 2.35. The smallest absolute Gasteiger partial charge is 0.341 e. The van der Waals surface area contributed by atoms with Gasteiger partial charge in [0, 0.05) is 13.2 Å². The highest BCUT2D eigenvalue weighted by molar-refractivity contribution is 5.90. The van der Waals surface area contributed by atoms with Crippen LogP contribution in [0.1, 0.15) is 29.9 Å². The van der Waals surface area contributed by atoms with Crippen LogP contribution in [0, 0.1) is 6.92 Å². The van der Waals surface area contributed by atoms with Crippen molar-refractivity contribution in [3.8, 4) is 0 Å². The summed E-state index contributed by atoms with van der Waals surface area (Å²) in [6, 6.07) is 0. The molecule has 0 aromatic carbocycles. The van der Waals surface area contributed by atoms with Crippen molar-refractivity contribution < 1.29 is 9.53 Å². The highest BCUT2D eigenvalue weighted by atomic mass is 16.5. The number of allylic oxidation sites excluding steroid dienone is 1. The van der Waals surface area contributed by atoms with E-state index >= 15 is 0 Å². The predicted molar refractivity (Wildman–Crippen MR) is 57.7 cm³/mol. The lowest BCUT2D eigenvalue weighted by Crippen LogP contribution is -2.05. The zero-order valence-electron chi connectivity index (χ0n) is 9.57. The monoisotopic (exact) mass is 208 g/mol. The highest BCUT2D eigenvalue weighted by Crippen LogP contribution is 2.06. The number of ether oxygens (including phenoxy) is 1. The molecule has 0 saturated carbocycles. The Kier molecular flexibility index (Phi) is 3.66. The van der Waals surface area contributed by atoms with Gasteiger partial charge in [-0.1, -0.05) is 5.57 Å². The van der Waals surface area contributed by atoms with Crippen LogP contribution in [0.15, 0.2) is 17.8 Å². The lowest BCUT2D eigenvalue weighted by atomic mass is 10.3. The van der Waals surface area contributed by atoms with Crippen LogP contribution in [0.4, 0.5) is 0 Å². The first-order valence-electron chi connectivity index (χ1n) is 4.81. The molecule has 15 heavy (non-hydrogen) atoms. The van der Waals surface area contributed by atoms with Gasteiger partial charge in [-0.05, 0) is 26.8 Å². The lowest BCUT2D eigenvalue weighted by Gasteiger charge is -2.00. The molecular weight excluding hydrogens is 192 g/mol. The molecule has 0 saturated heterocycles. The largest absolute Gasteiger partial charge is 0.458 e. The van der Waals surface area contributed by atoms with Gasteiger partial charge >= 0.3 is 5.97 Å². The SMILES string of the molecule is CC(C)=CCOC(=O)c1cn(C)nc1C.